The topological polar surface area (TPSA) is 66.0 Å². The van der Waals surface area contributed by atoms with Crippen molar-refractivity contribution in [3.63, 3.8) is 0 Å². The molecular formula is C14H18N4S. The van der Waals surface area contributed by atoms with E-state index in [0.29, 0.717) is 0 Å². The zero-order valence-corrected chi connectivity index (χ0v) is 12.2. The molecule has 4 nitrogen and oxygen atoms in total. The van der Waals surface area contributed by atoms with Crippen LogP contribution < -0.4 is 10.6 Å². The summed E-state index contributed by atoms with van der Waals surface area (Å²) in [5, 5.41) is 7.70. The highest BCUT2D eigenvalue weighted by molar-refractivity contribution is 7.09. The number of anilines is 1. The number of nitrogens with two attached hydrogens (primary N) is 1. The third kappa shape index (κ3) is 2.76. The van der Waals surface area contributed by atoms with Crippen molar-refractivity contribution in [2.24, 2.45) is 5.73 Å². The lowest BCUT2D eigenvalue weighted by molar-refractivity contribution is 0.918. The minimum Gasteiger partial charge on any atom is -0.384 e. The molecule has 19 heavy (non-hydrogen) atoms. The van der Waals surface area contributed by atoms with Crippen molar-refractivity contribution in [2.45, 2.75) is 20.4 Å². The smallest absolute Gasteiger partial charge is 0.124 e. The normalized spacial score (nSPS) is 10.5. The van der Waals surface area contributed by atoms with Crippen LogP contribution in [0.5, 0.6) is 0 Å². The standard InChI is InChI=1S/C14H18N4S/c1-9-5-4-6-11(14(15)16)13(9)18(3)7-12-10(2)17-8-19-12/h4-6,8H,7H2,1-3H3,(H3,15,16). The summed E-state index contributed by atoms with van der Waals surface area (Å²) in [6.45, 7) is 4.84. The Morgan fingerprint density at radius 1 is 1.42 bits per heavy atom. The number of hydrogen-bond donors (Lipinski definition) is 2. The van der Waals surface area contributed by atoms with Crippen molar-refractivity contribution in [3.05, 3.63) is 45.4 Å². The van der Waals surface area contributed by atoms with Gasteiger partial charge in [0.05, 0.1) is 23.4 Å². The number of nitrogen functional groups attached to an aromatic ring is 1. The van der Waals surface area contributed by atoms with Crippen LogP contribution in [-0.2, 0) is 6.54 Å². The number of rotatable bonds is 4. The second kappa shape index (κ2) is 5.40. The Kier molecular flexibility index (Phi) is 3.85. The lowest BCUT2D eigenvalue weighted by Gasteiger charge is -2.24. The van der Waals surface area contributed by atoms with Crippen molar-refractivity contribution in [2.75, 3.05) is 11.9 Å². The highest BCUT2D eigenvalue weighted by atomic mass is 32.1. The Bertz CT molecular complexity index is 603. The van der Waals surface area contributed by atoms with E-state index in [-0.39, 0.29) is 5.84 Å². The van der Waals surface area contributed by atoms with Gasteiger partial charge in [-0.2, -0.15) is 0 Å². The second-order valence-electron chi connectivity index (χ2n) is 4.60. The molecule has 1 aromatic heterocycles. The van der Waals surface area contributed by atoms with Gasteiger partial charge in [0, 0.05) is 17.5 Å². The van der Waals surface area contributed by atoms with Gasteiger partial charge in [0.15, 0.2) is 0 Å². The molecule has 0 bridgehead atoms. The molecule has 2 rings (SSSR count). The van der Waals surface area contributed by atoms with E-state index in [2.05, 4.69) is 9.88 Å². The van der Waals surface area contributed by atoms with E-state index >= 15 is 0 Å². The number of aromatic nitrogens is 1. The van der Waals surface area contributed by atoms with Gasteiger partial charge in [0.1, 0.15) is 5.84 Å². The minimum absolute atomic E-state index is 0.103. The summed E-state index contributed by atoms with van der Waals surface area (Å²) in [5.74, 6) is 0.103. The van der Waals surface area contributed by atoms with Crippen LogP contribution >= 0.6 is 11.3 Å². The molecule has 5 heteroatoms. The maximum absolute atomic E-state index is 7.70. The lowest BCUT2D eigenvalue weighted by Crippen LogP contribution is -2.23. The molecule has 0 saturated carbocycles. The lowest BCUT2D eigenvalue weighted by atomic mass is 10.1. The molecule has 0 fully saturated rings. The molecular weight excluding hydrogens is 256 g/mol. The average molecular weight is 274 g/mol. The number of nitrogens with zero attached hydrogens (tertiary/aromatic N) is 2. The van der Waals surface area contributed by atoms with Crippen molar-refractivity contribution in [3.8, 4) is 0 Å². The number of amidine groups is 1. The van der Waals surface area contributed by atoms with E-state index in [9.17, 15) is 0 Å². The number of nitrogens with one attached hydrogen (secondary N) is 1. The van der Waals surface area contributed by atoms with Crippen LogP contribution in [0, 0.1) is 19.3 Å². The average Bonchev–Trinajstić information content (AvgIpc) is 2.74. The Labute approximate surface area is 117 Å². The summed E-state index contributed by atoms with van der Waals surface area (Å²) in [4.78, 5) is 7.64. The highest BCUT2D eigenvalue weighted by Gasteiger charge is 2.14. The van der Waals surface area contributed by atoms with Crippen LogP contribution in [0.2, 0.25) is 0 Å². The van der Waals surface area contributed by atoms with Crippen LogP contribution in [0.15, 0.2) is 23.7 Å². The first-order valence-corrected chi connectivity index (χ1v) is 6.92. The van der Waals surface area contributed by atoms with Crippen molar-refractivity contribution in [1.82, 2.24) is 4.98 Å². The van der Waals surface area contributed by atoms with Crippen LogP contribution in [0.4, 0.5) is 5.69 Å². The molecule has 100 valence electrons. The summed E-state index contributed by atoms with van der Waals surface area (Å²) < 4.78 is 0. The van der Waals surface area contributed by atoms with E-state index in [0.717, 1.165) is 29.1 Å². The van der Waals surface area contributed by atoms with Crippen LogP contribution in [0.25, 0.3) is 0 Å². The SMILES string of the molecule is Cc1cccc(C(=N)N)c1N(C)Cc1scnc1C. The fraction of sp³-hybridized carbons (Fsp3) is 0.286. The Hall–Kier alpha value is -1.88. The van der Waals surface area contributed by atoms with Gasteiger partial charge < -0.3 is 10.6 Å². The van der Waals surface area contributed by atoms with E-state index in [1.54, 1.807) is 11.3 Å². The van der Waals surface area contributed by atoms with Crippen molar-refractivity contribution < 1.29 is 0 Å². The van der Waals surface area contributed by atoms with Gasteiger partial charge in [0.25, 0.3) is 0 Å². The minimum atomic E-state index is 0.103. The molecule has 0 amide bonds. The number of aryl methyl sites for hydroxylation is 2. The first-order chi connectivity index (χ1) is 9.00. The Balaban J connectivity index is 2.36. The second-order valence-corrected chi connectivity index (χ2v) is 5.54. The first kappa shape index (κ1) is 13.5. The van der Waals surface area contributed by atoms with Gasteiger partial charge in [-0.25, -0.2) is 4.98 Å². The van der Waals surface area contributed by atoms with Gasteiger partial charge >= 0.3 is 0 Å². The third-order valence-electron chi connectivity index (χ3n) is 3.14. The third-order valence-corrected chi connectivity index (χ3v) is 4.06. The number of para-hydroxylation sites is 1. The van der Waals surface area contributed by atoms with E-state index in [1.807, 2.05) is 44.6 Å². The number of benzene rings is 1. The molecule has 0 aliphatic rings. The molecule has 0 aliphatic carbocycles. The van der Waals surface area contributed by atoms with E-state index in [4.69, 9.17) is 11.1 Å². The fourth-order valence-electron chi connectivity index (χ4n) is 2.16. The first-order valence-electron chi connectivity index (χ1n) is 6.04. The van der Waals surface area contributed by atoms with Gasteiger partial charge in [-0.05, 0) is 25.5 Å². The molecule has 0 unspecified atom stereocenters. The monoisotopic (exact) mass is 274 g/mol. The maximum Gasteiger partial charge on any atom is 0.124 e. The predicted molar refractivity (Wildman–Crippen MR) is 81.2 cm³/mol. The van der Waals surface area contributed by atoms with Gasteiger partial charge in [0.2, 0.25) is 0 Å². The number of thiazole rings is 1. The molecule has 1 heterocycles. The quantitative estimate of drug-likeness (QED) is 0.665. The predicted octanol–water partition coefficient (Wildman–Crippen LogP) is 2.68. The summed E-state index contributed by atoms with van der Waals surface area (Å²) in [5.41, 5.74) is 11.5. The highest BCUT2D eigenvalue weighted by Crippen LogP contribution is 2.26. The molecule has 0 atom stereocenters. The van der Waals surface area contributed by atoms with Crippen LogP contribution in [0.1, 0.15) is 21.7 Å². The van der Waals surface area contributed by atoms with Gasteiger partial charge in [-0.3, -0.25) is 5.41 Å². The summed E-state index contributed by atoms with van der Waals surface area (Å²) in [7, 11) is 2.02. The Morgan fingerprint density at radius 3 is 2.74 bits per heavy atom. The summed E-state index contributed by atoms with van der Waals surface area (Å²) >= 11 is 1.65. The fourth-order valence-corrected chi connectivity index (χ4v) is 2.98. The van der Waals surface area contributed by atoms with E-state index in [1.165, 1.54) is 4.88 Å². The van der Waals surface area contributed by atoms with E-state index < -0.39 is 0 Å². The molecule has 3 N–H and O–H groups in total. The van der Waals surface area contributed by atoms with Crippen molar-refractivity contribution >= 4 is 22.9 Å². The zero-order chi connectivity index (χ0) is 14.0. The molecule has 0 radical (unpaired) electrons. The summed E-state index contributed by atoms with van der Waals surface area (Å²) in [6, 6.07) is 5.86. The zero-order valence-electron chi connectivity index (χ0n) is 11.4. The number of hydrogen-bond acceptors (Lipinski definition) is 4. The molecule has 0 saturated heterocycles. The largest absolute Gasteiger partial charge is 0.384 e. The van der Waals surface area contributed by atoms with Crippen molar-refractivity contribution in [1.29, 1.82) is 5.41 Å². The summed E-state index contributed by atoms with van der Waals surface area (Å²) in [6.07, 6.45) is 0. The Morgan fingerprint density at radius 2 is 2.16 bits per heavy atom. The maximum atomic E-state index is 7.70. The van der Waals surface area contributed by atoms with Gasteiger partial charge in [-0.15, -0.1) is 11.3 Å². The van der Waals surface area contributed by atoms with Gasteiger partial charge in [-0.1, -0.05) is 12.1 Å². The van der Waals surface area contributed by atoms with Crippen LogP contribution in [-0.4, -0.2) is 17.9 Å². The molecule has 2 aromatic rings. The molecule has 1 aromatic carbocycles. The van der Waals surface area contributed by atoms with Crippen LogP contribution in [0.3, 0.4) is 0 Å². The molecule has 0 aliphatic heterocycles. The molecule has 0 spiro atoms.